The van der Waals surface area contributed by atoms with Crippen LogP contribution < -0.4 is 5.32 Å². The Balaban J connectivity index is 0.00000245. The molecule has 8 heteroatoms. The molecule has 1 aromatic carbocycles. The van der Waals surface area contributed by atoms with Crippen LogP contribution >= 0.6 is 24.0 Å². The summed E-state index contributed by atoms with van der Waals surface area (Å²) < 4.78 is 8.30. The molecule has 2 aliphatic heterocycles. The Labute approximate surface area is 208 Å². The standard InChI is InChI=1S/C24H34N6O.HI/c1-25-24(26-15-20-11-12-30(27-20)21-9-5-6-10-21)29-17-22-23(18-29)31-14-13-28(22)16-19-7-3-2-4-8-19;/h2-4,7-8,11-12,21-23H,5-6,9-10,13-18H2,1H3,(H,25,26);1H. The number of aromatic nitrogens is 2. The largest absolute Gasteiger partial charge is 0.373 e. The van der Waals surface area contributed by atoms with Gasteiger partial charge in [0, 0.05) is 39.4 Å². The fourth-order valence-electron chi connectivity index (χ4n) is 5.29. The number of nitrogens with zero attached hydrogens (tertiary/aromatic N) is 5. The second kappa shape index (κ2) is 11.0. The van der Waals surface area contributed by atoms with E-state index in [1.54, 1.807) is 0 Å². The number of guanidine groups is 1. The molecule has 0 amide bonds. The van der Waals surface area contributed by atoms with Gasteiger partial charge < -0.3 is 15.0 Å². The van der Waals surface area contributed by atoms with Gasteiger partial charge in [-0.15, -0.1) is 24.0 Å². The second-order valence-corrected chi connectivity index (χ2v) is 8.96. The van der Waals surface area contributed by atoms with E-state index in [9.17, 15) is 0 Å². The summed E-state index contributed by atoms with van der Waals surface area (Å²) in [6.45, 7) is 5.28. The van der Waals surface area contributed by atoms with Crippen LogP contribution in [0.4, 0.5) is 0 Å². The van der Waals surface area contributed by atoms with E-state index < -0.39 is 0 Å². The van der Waals surface area contributed by atoms with Crippen LogP contribution in [0.25, 0.3) is 0 Å². The first kappa shape index (κ1) is 23.5. The van der Waals surface area contributed by atoms with Gasteiger partial charge in [-0.25, -0.2) is 0 Å². The summed E-state index contributed by atoms with van der Waals surface area (Å²) in [6, 6.07) is 13.9. The zero-order valence-corrected chi connectivity index (χ0v) is 21.2. The lowest BCUT2D eigenvalue weighted by Gasteiger charge is -2.36. The van der Waals surface area contributed by atoms with Crippen LogP contribution in [0.3, 0.4) is 0 Å². The van der Waals surface area contributed by atoms with E-state index in [4.69, 9.17) is 9.84 Å². The Kier molecular flexibility index (Phi) is 8.07. The van der Waals surface area contributed by atoms with Gasteiger partial charge in [0.1, 0.15) is 0 Å². The smallest absolute Gasteiger partial charge is 0.194 e. The highest BCUT2D eigenvalue weighted by atomic mass is 127. The van der Waals surface area contributed by atoms with Gasteiger partial charge in [0.05, 0.1) is 37.0 Å². The minimum absolute atomic E-state index is 0. The molecule has 1 saturated carbocycles. The predicted molar refractivity (Wildman–Crippen MR) is 137 cm³/mol. The van der Waals surface area contributed by atoms with Crippen molar-refractivity contribution in [2.75, 3.05) is 33.3 Å². The lowest BCUT2D eigenvalue weighted by atomic mass is 10.1. The molecule has 3 heterocycles. The molecule has 3 aliphatic rings. The number of rotatable bonds is 5. The molecule has 174 valence electrons. The minimum Gasteiger partial charge on any atom is -0.373 e. The maximum absolute atomic E-state index is 6.14. The van der Waals surface area contributed by atoms with Crippen LogP contribution in [0.1, 0.15) is 43.0 Å². The maximum Gasteiger partial charge on any atom is 0.194 e. The second-order valence-electron chi connectivity index (χ2n) is 8.96. The van der Waals surface area contributed by atoms with Crippen molar-refractivity contribution in [3.63, 3.8) is 0 Å². The zero-order chi connectivity index (χ0) is 21.0. The maximum atomic E-state index is 6.14. The van der Waals surface area contributed by atoms with E-state index in [0.717, 1.165) is 44.4 Å². The van der Waals surface area contributed by atoms with Gasteiger partial charge >= 0.3 is 0 Å². The third-order valence-corrected chi connectivity index (χ3v) is 6.95. The number of nitrogens with one attached hydrogen (secondary N) is 1. The molecule has 5 rings (SSSR count). The lowest BCUT2D eigenvalue weighted by Crippen LogP contribution is -2.50. The number of halogens is 1. The summed E-state index contributed by atoms with van der Waals surface area (Å²) in [5.74, 6) is 0.938. The molecular formula is C24H35IN6O. The number of hydrogen-bond acceptors (Lipinski definition) is 4. The Morgan fingerprint density at radius 2 is 1.97 bits per heavy atom. The summed E-state index contributed by atoms with van der Waals surface area (Å²) in [5, 5.41) is 8.34. The normalized spacial score (nSPS) is 24.4. The number of fused-ring (bicyclic) bond motifs is 1. The average molecular weight is 550 g/mol. The van der Waals surface area contributed by atoms with Gasteiger partial charge in [-0.3, -0.25) is 14.6 Å². The SMILES string of the molecule is CN=C(NCc1ccn(C2CCCC2)n1)N1CC2OCCN(Cc3ccccc3)C2C1.I. The summed E-state index contributed by atoms with van der Waals surface area (Å²) in [7, 11) is 1.87. The summed E-state index contributed by atoms with van der Waals surface area (Å²) in [4.78, 5) is 9.47. The molecule has 0 bridgehead atoms. The van der Waals surface area contributed by atoms with Crippen molar-refractivity contribution >= 4 is 29.9 Å². The van der Waals surface area contributed by atoms with Gasteiger partial charge in [0.25, 0.3) is 0 Å². The molecule has 2 unspecified atom stereocenters. The van der Waals surface area contributed by atoms with E-state index in [-0.39, 0.29) is 30.1 Å². The topological polar surface area (TPSA) is 57.9 Å². The van der Waals surface area contributed by atoms with Crippen molar-refractivity contribution in [3.8, 4) is 0 Å². The quantitative estimate of drug-likeness (QED) is 0.352. The Bertz CT molecular complexity index is 882. The first-order valence-electron chi connectivity index (χ1n) is 11.7. The molecule has 32 heavy (non-hydrogen) atoms. The molecule has 3 fully saturated rings. The first-order chi connectivity index (χ1) is 15.3. The van der Waals surface area contributed by atoms with E-state index in [1.165, 1.54) is 31.2 Å². The van der Waals surface area contributed by atoms with Gasteiger partial charge in [0.2, 0.25) is 0 Å². The van der Waals surface area contributed by atoms with Crippen molar-refractivity contribution in [2.45, 2.75) is 57.0 Å². The highest BCUT2D eigenvalue weighted by molar-refractivity contribution is 14.0. The van der Waals surface area contributed by atoms with Crippen molar-refractivity contribution in [2.24, 2.45) is 4.99 Å². The lowest BCUT2D eigenvalue weighted by molar-refractivity contribution is -0.0502. The number of morpholine rings is 1. The fourth-order valence-corrected chi connectivity index (χ4v) is 5.29. The van der Waals surface area contributed by atoms with Crippen molar-refractivity contribution in [1.29, 1.82) is 0 Å². The van der Waals surface area contributed by atoms with E-state index >= 15 is 0 Å². The molecule has 1 aromatic heterocycles. The number of benzene rings is 1. The molecular weight excluding hydrogens is 515 g/mol. The van der Waals surface area contributed by atoms with E-state index in [0.29, 0.717) is 18.6 Å². The molecule has 0 radical (unpaired) electrons. The predicted octanol–water partition coefficient (Wildman–Crippen LogP) is 3.28. The number of hydrogen-bond donors (Lipinski definition) is 1. The summed E-state index contributed by atoms with van der Waals surface area (Å²) in [5.41, 5.74) is 2.44. The van der Waals surface area contributed by atoms with Crippen LogP contribution in [0.15, 0.2) is 47.6 Å². The third-order valence-electron chi connectivity index (χ3n) is 6.95. The van der Waals surface area contributed by atoms with Crippen molar-refractivity contribution in [1.82, 2.24) is 24.9 Å². The zero-order valence-electron chi connectivity index (χ0n) is 18.9. The van der Waals surface area contributed by atoms with Crippen LogP contribution in [-0.2, 0) is 17.8 Å². The van der Waals surface area contributed by atoms with Crippen LogP contribution in [0.2, 0.25) is 0 Å². The Hall–Kier alpha value is -1.65. The van der Waals surface area contributed by atoms with Gasteiger partial charge in [0.15, 0.2) is 5.96 Å². The van der Waals surface area contributed by atoms with E-state index in [1.807, 2.05) is 7.05 Å². The monoisotopic (exact) mass is 550 g/mol. The van der Waals surface area contributed by atoms with Gasteiger partial charge in [-0.05, 0) is 24.5 Å². The van der Waals surface area contributed by atoms with Crippen LogP contribution in [0, 0.1) is 0 Å². The van der Waals surface area contributed by atoms with Gasteiger partial charge in [-0.2, -0.15) is 5.10 Å². The molecule has 2 saturated heterocycles. The Morgan fingerprint density at radius 1 is 1.16 bits per heavy atom. The van der Waals surface area contributed by atoms with E-state index in [2.05, 4.69) is 67.4 Å². The molecule has 7 nitrogen and oxygen atoms in total. The number of likely N-dealkylation sites (tertiary alicyclic amines) is 1. The van der Waals surface area contributed by atoms with Crippen molar-refractivity contribution in [3.05, 3.63) is 53.9 Å². The van der Waals surface area contributed by atoms with Crippen molar-refractivity contribution < 1.29 is 4.74 Å². The van der Waals surface area contributed by atoms with Crippen LogP contribution in [-0.4, -0.2) is 71.0 Å². The highest BCUT2D eigenvalue weighted by Crippen LogP contribution is 2.29. The molecule has 1 aliphatic carbocycles. The summed E-state index contributed by atoms with van der Waals surface area (Å²) >= 11 is 0. The number of ether oxygens (including phenoxy) is 1. The molecule has 2 aromatic rings. The fraction of sp³-hybridized carbons (Fsp3) is 0.583. The average Bonchev–Trinajstić information content (AvgIpc) is 3.55. The van der Waals surface area contributed by atoms with Crippen LogP contribution in [0.5, 0.6) is 0 Å². The summed E-state index contributed by atoms with van der Waals surface area (Å²) in [6.07, 6.45) is 7.53. The first-order valence-corrected chi connectivity index (χ1v) is 11.7. The van der Waals surface area contributed by atoms with Gasteiger partial charge in [-0.1, -0.05) is 43.2 Å². The molecule has 0 spiro atoms. The Morgan fingerprint density at radius 3 is 2.75 bits per heavy atom. The molecule has 2 atom stereocenters. The molecule has 1 N–H and O–H groups in total. The highest BCUT2D eigenvalue weighted by Gasteiger charge is 2.41. The number of aliphatic imine (C=N–C) groups is 1. The third kappa shape index (κ3) is 5.28. The minimum atomic E-state index is 0.